The molecule has 0 aliphatic rings. The van der Waals surface area contributed by atoms with Crippen LogP contribution in [0.5, 0.6) is 5.88 Å². The zero-order valence-corrected chi connectivity index (χ0v) is 14.3. The molecular weight excluding hydrogens is 324 g/mol. The molecule has 2 aromatic heterocycles. The number of hydrogen-bond donors (Lipinski definition) is 0. The standard InChI is InChI=1S/C19H17ClN2O2/c1-3-23-11-24-19-14-7-5-4-6-13(14)17-15-10-12(20)8-9-16(15)22(2)18(17)21-19/h4-10H,3,11H2,1-2H3. The van der Waals surface area contributed by atoms with Crippen LogP contribution in [-0.2, 0) is 11.8 Å². The number of benzene rings is 2. The van der Waals surface area contributed by atoms with Gasteiger partial charge in [-0.3, -0.25) is 0 Å². The Morgan fingerprint density at radius 1 is 1.08 bits per heavy atom. The summed E-state index contributed by atoms with van der Waals surface area (Å²) < 4.78 is 13.2. The second kappa shape index (κ2) is 5.96. The minimum atomic E-state index is 0.189. The van der Waals surface area contributed by atoms with Crippen LogP contribution in [0, 0.1) is 0 Å². The highest BCUT2D eigenvalue weighted by Crippen LogP contribution is 2.37. The third-order valence-electron chi connectivity index (χ3n) is 4.25. The van der Waals surface area contributed by atoms with Crippen molar-refractivity contribution in [3.8, 4) is 5.88 Å². The molecule has 2 heterocycles. The maximum Gasteiger partial charge on any atom is 0.225 e. The molecule has 4 rings (SSSR count). The lowest BCUT2D eigenvalue weighted by Crippen LogP contribution is -2.04. The minimum absolute atomic E-state index is 0.189. The van der Waals surface area contributed by atoms with Gasteiger partial charge in [0.15, 0.2) is 6.79 Å². The number of halogens is 1. The third-order valence-corrected chi connectivity index (χ3v) is 4.48. The normalized spacial score (nSPS) is 11.6. The van der Waals surface area contributed by atoms with Crippen molar-refractivity contribution in [2.24, 2.45) is 7.05 Å². The minimum Gasteiger partial charge on any atom is -0.450 e. The number of hydrogen-bond acceptors (Lipinski definition) is 3. The molecule has 0 amide bonds. The summed E-state index contributed by atoms with van der Waals surface area (Å²) in [7, 11) is 2.01. The van der Waals surface area contributed by atoms with Gasteiger partial charge in [-0.05, 0) is 36.6 Å². The van der Waals surface area contributed by atoms with Gasteiger partial charge in [0.2, 0.25) is 5.88 Å². The van der Waals surface area contributed by atoms with Crippen molar-refractivity contribution in [2.75, 3.05) is 13.4 Å². The molecule has 0 aliphatic heterocycles. The van der Waals surface area contributed by atoms with E-state index in [0.29, 0.717) is 12.5 Å². The highest BCUT2D eigenvalue weighted by Gasteiger charge is 2.16. The molecule has 4 aromatic rings. The van der Waals surface area contributed by atoms with E-state index in [1.54, 1.807) is 0 Å². The van der Waals surface area contributed by atoms with E-state index in [1.807, 2.05) is 50.4 Å². The molecule has 0 unspecified atom stereocenters. The molecule has 0 spiro atoms. The fraction of sp³-hybridized carbons (Fsp3) is 0.211. The molecule has 0 saturated carbocycles. The van der Waals surface area contributed by atoms with Gasteiger partial charge < -0.3 is 14.0 Å². The van der Waals surface area contributed by atoms with Crippen LogP contribution in [0.15, 0.2) is 42.5 Å². The van der Waals surface area contributed by atoms with Crippen LogP contribution in [0.1, 0.15) is 6.92 Å². The Morgan fingerprint density at radius 2 is 1.88 bits per heavy atom. The predicted molar refractivity (Wildman–Crippen MR) is 97.9 cm³/mol. The van der Waals surface area contributed by atoms with E-state index in [-0.39, 0.29) is 6.79 Å². The maximum atomic E-state index is 6.22. The Bertz CT molecular complexity index is 1060. The molecule has 2 aromatic carbocycles. The molecule has 0 bridgehead atoms. The molecule has 0 fully saturated rings. The highest BCUT2D eigenvalue weighted by atomic mass is 35.5. The zero-order valence-electron chi connectivity index (χ0n) is 13.5. The summed E-state index contributed by atoms with van der Waals surface area (Å²) in [5.41, 5.74) is 1.96. The number of ether oxygens (including phenoxy) is 2. The van der Waals surface area contributed by atoms with E-state index in [9.17, 15) is 0 Å². The van der Waals surface area contributed by atoms with Crippen LogP contribution in [0.2, 0.25) is 5.02 Å². The zero-order chi connectivity index (χ0) is 16.7. The maximum absolute atomic E-state index is 6.22. The van der Waals surface area contributed by atoms with Crippen molar-refractivity contribution in [2.45, 2.75) is 6.92 Å². The molecule has 24 heavy (non-hydrogen) atoms. The summed E-state index contributed by atoms with van der Waals surface area (Å²) in [4.78, 5) is 4.76. The molecule has 0 N–H and O–H groups in total. The van der Waals surface area contributed by atoms with E-state index in [1.165, 1.54) is 0 Å². The van der Waals surface area contributed by atoms with Crippen LogP contribution in [0.4, 0.5) is 0 Å². The summed E-state index contributed by atoms with van der Waals surface area (Å²) in [6, 6.07) is 14.0. The van der Waals surface area contributed by atoms with Gasteiger partial charge in [-0.25, -0.2) is 0 Å². The van der Waals surface area contributed by atoms with Crippen molar-refractivity contribution >= 4 is 44.3 Å². The van der Waals surface area contributed by atoms with E-state index < -0.39 is 0 Å². The van der Waals surface area contributed by atoms with Gasteiger partial charge in [-0.15, -0.1) is 0 Å². The highest BCUT2D eigenvalue weighted by molar-refractivity contribution is 6.32. The SMILES string of the molecule is CCOCOc1nc2c(c3ccccc13)c1cc(Cl)ccc1n2C. The van der Waals surface area contributed by atoms with Gasteiger partial charge >= 0.3 is 0 Å². The summed E-state index contributed by atoms with van der Waals surface area (Å²) in [5.74, 6) is 0.587. The number of fused-ring (bicyclic) bond motifs is 5. The lowest BCUT2D eigenvalue weighted by atomic mass is 10.1. The number of nitrogens with zero attached hydrogens (tertiary/aromatic N) is 2. The van der Waals surface area contributed by atoms with Gasteiger partial charge in [0, 0.05) is 34.8 Å². The first-order valence-electron chi connectivity index (χ1n) is 7.87. The molecule has 122 valence electrons. The first-order valence-corrected chi connectivity index (χ1v) is 8.25. The quantitative estimate of drug-likeness (QED) is 0.391. The van der Waals surface area contributed by atoms with Gasteiger partial charge in [0.1, 0.15) is 5.65 Å². The van der Waals surface area contributed by atoms with E-state index in [0.717, 1.165) is 37.7 Å². The topological polar surface area (TPSA) is 36.3 Å². The first kappa shape index (κ1) is 15.2. The average Bonchev–Trinajstić information content (AvgIpc) is 2.87. The lowest BCUT2D eigenvalue weighted by Gasteiger charge is -2.10. The van der Waals surface area contributed by atoms with Crippen LogP contribution in [-0.4, -0.2) is 23.0 Å². The first-order chi connectivity index (χ1) is 11.7. The summed E-state index contributed by atoms with van der Waals surface area (Å²) in [5, 5.41) is 4.98. The van der Waals surface area contributed by atoms with E-state index in [2.05, 4.69) is 10.6 Å². The monoisotopic (exact) mass is 340 g/mol. The second-order valence-electron chi connectivity index (χ2n) is 5.64. The van der Waals surface area contributed by atoms with Crippen LogP contribution < -0.4 is 4.74 Å². The van der Waals surface area contributed by atoms with Gasteiger partial charge in [-0.2, -0.15) is 4.98 Å². The molecule has 0 atom stereocenters. The van der Waals surface area contributed by atoms with Gasteiger partial charge in [0.25, 0.3) is 0 Å². The largest absolute Gasteiger partial charge is 0.450 e. The smallest absolute Gasteiger partial charge is 0.225 e. The van der Waals surface area contributed by atoms with Crippen LogP contribution in [0.25, 0.3) is 32.7 Å². The van der Waals surface area contributed by atoms with E-state index >= 15 is 0 Å². The van der Waals surface area contributed by atoms with Crippen molar-refractivity contribution in [1.82, 2.24) is 9.55 Å². The number of aromatic nitrogens is 2. The predicted octanol–water partition coefficient (Wildman–Crippen LogP) is 4.91. The lowest BCUT2D eigenvalue weighted by molar-refractivity contribution is 0.0208. The van der Waals surface area contributed by atoms with Crippen molar-refractivity contribution in [3.63, 3.8) is 0 Å². The molecule has 0 radical (unpaired) electrons. The fourth-order valence-electron chi connectivity index (χ4n) is 3.13. The molecule has 4 nitrogen and oxygen atoms in total. The number of pyridine rings is 1. The Morgan fingerprint density at radius 3 is 2.67 bits per heavy atom. The molecule has 0 aliphatic carbocycles. The Kier molecular flexibility index (Phi) is 3.79. The Balaban J connectivity index is 2.08. The summed E-state index contributed by atoms with van der Waals surface area (Å²) in [6.07, 6.45) is 0. The van der Waals surface area contributed by atoms with Gasteiger partial charge in [0.05, 0.1) is 5.52 Å². The molecular formula is C19H17ClN2O2. The Labute approximate surface area is 144 Å². The van der Waals surface area contributed by atoms with Crippen molar-refractivity contribution in [1.29, 1.82) is 0 Å². The Hall–Kier alpha value is -2.30. The van der Waals surface area contributed by atoms with Crippen LogP contribution in [0.3, 0.4) is 0 Å². The number of rotatable bonds is 4. The number of aryl methyl sites for hydroxylation is 1. The average molecular weight is 341 g/mol. The van der Waals surface area contributed by atoms with Crippen molar-refractivity contribution in [3.05, 3.63) is 47.5 Å². The molecule has 5 heteroatoms. The van der Waals surface area contributed by atoms with E-state index in [4.69, 9.17) is 26.1 Å². The van der Waals surface area contributed by atoms with Crippen LogP contribution >= 0.6 is 11.6 Å². The van der Waals surface area contributed by atoms with Gasteiger partial charge in [-0.1, -0.05) is 29.8 Å². The fourth-order valence-corrected chi connectivity index (χ4v) is 3.31. The van der Waals surface area contributed by atoms with Crippen molar-refractivity contribution < 1.29 is 9.47 Å². The summed E-state index contributed by atoms with van der Waals surface area (Å²) in [6.45, 7) is 2.73. The third kappa shape index (κ3) is 2.30. The molecule has 0 saturated heterocycles. The second-order valence-corrected chi connectivity index (χ2v) is 6.07. The summed E-state index contributed by atoms with van der Waals surface area (Å²) >= 11 is 6.22.